The molecule has 1 heterocycles. The molecule has 1 atom stereocenters. The first-order valence-electron chi connectivity index (χ1n) is 8.77. The van der Waals surface area contributed by atoms with Crippen LogP contribution >= 0.6 is 11.3 Å². The summed E-state index contributed by atoms with van der Waals surface area (Å²) in [4.78, 5) is 13.4. The van der Waals surface area contributed by atoms with Crippen molar-refractivity contribution in [1.29, 1.82) is 0 Å². The highest BCUT2D eigenvalue weighted by atomic mass is 32.1. The molecule has 0 spiro atoms. The minimum absolute atomic E-state index is 0.178. The molecule has 0 saturated carbocycles. The first-order valence-corrected chi connectivity index (χ1v) is 9.59. The van der Waals surface area contributed by atoms with Crippen molar-refractivity contribution in [3.8, 4) is 5.75 Å². The van der Waals surface area contributed by atoms with Crippen LogP contribution in [0.5, 0.6) is 5.75 Å². The zero-order valence-electron chi connectivity index (χ0n) is 15.5. The van der Waals surface area contributed by atoms with Gasteiger partial charge in [0.25, 0.3) is 5.91 Å². The maximum absolute atomic E-state index is 14.3. The maximum atomic E-state index is 14.3. The van der Waals surface area contributed by atoms with Gasteiger partial charge in [-0.3, -0.25) is 4.79 Å². The Morgan fingerprint density at radius 2 is 2.04 bits per heavy atom. The zero-order valence-corrected chi connectivity index (χ0v) is 16.4. The van der Waals surface area contributed by atoms with Gasteiger partial charge in [0.2, 0.25) is 0 Å². The number of thiophene rings is 1. The lowest BCUT2D eigenvalue weighted by atomic mass is 10.1. The molecule has 0 aliphatic rings. The van der Waals surface area contributed by atoms with Gasteiger partial charge in [-0.1, -0.05) is 18.2 Å². The predicted molar refractivity (Wildman–Crippen MR) is 106 cm³/mol. The fourth-order valence-corrected chi connectivity index (χ4v) is 4.14. The van der Waals surface area contributed by atoms with Gasteiger partial charge in [-0.2, -0.15) is 0 Å². The van der Waals surface area contributed by atoms with E-state index < -0.39 is 0 Å². The van der Waals surface area contributed by atoms with Crippen molar-refractivity contribution >= 4 is 27.3 Å². The summed E-state index contributed by atoms with van der Waals surface area (Å²) in [5.41, 5.74) is 1.53. The van der Waals surface area contributed by atoms with Gasteiger partial charge in [0.1, 0.15) is 11.6 Å². The number of rotatable bonds is 7. The third kappa shape index (κ3) is 4.12. The average Bonchev–Trinajstić information content (AvgIpc) is 3.02. The molecule has 0 saturated heterocycles. The molecule has 3 rings (SSSR count). The van der Waals surface area contributed by atoms with Crippen LogP contribution in [0.25, 0.3) is 10.1 Å². The van der Waals surface area contributed by atoms with Gasteiger partial charge in [-0.15, -0.1) is 11.3 Å². The smallest absolute Gasteiger partial charge is 0.262 e. The molecule has 0 aliphatic carbocycles. The number of methoxy groups -OCH3 is 1. The van der Waals surface area contributed by atoms with E-state index in [1.54, 1.807) is 6.07 Å². The Bertz CT molecular complexity index is 954. The summed E-state index contributed by atoms with van der Waals surface area (Å²) in [5.74, 6) is 0.185. The zero-order chi connectivity index (χ0) is 19.4. The molecule has 1 unspecified atom stereocenters. The topological polar surface area (TPSA) is 47.6 Å². The Labute approximate surface area is 161 Å². The van der Waals surface area contributed by atoms with E-state index in [0.717, 1.165) is 16.0 Å². The summed E-state index contributed by atoms with van der Waals surface area (Å²) in [6.07, 6.45) is 0. The second kappa shape index (κ2) is 8.50. The SMILES string of the molecule is CCOc1cccc(C(C)NC(=O)c2sc3cccc(F)c3c2COC)c1. The fourth-order valence-electron chi connectivity index (χ4n) is 3.02. The van der Waals surface area contributed by atoms with Crippen molar-refractivity contribution in [1.82, 2.24) is 5.32 Å². The quantitative estimate of drug-likeness (QED) is 0.615. The van der Waals surface area contributed by atoms with Crippen LogP contribution in [0.1, 0.15) is 40.7 Å². The number of hydrogen-bond acceptors (Lipinski definition) is 4. The summed E-state index contributed by atoms with van der Waals surface area (Å²) in [6, 6.07) is 12.3. The van der Waals surface area contributed by atoms with Crippen molar-refractivity contribution in [3.05, 3.63) is 64.3 Å². The van der Waals surface area contributed by atoms with Gasteiger partial charge < -0.3 is 14.8 Å². The predicted octanol–water partition coefficient (Wildman–Crippen LogP) is 5.08. The van der Waals surface area contributed by atoms with E-state index in [4.69, 9.17) is 9.47 Å². The Hall–Kier alpha value is -2.44. The largest absolute Gasteiger partial charge is 0.494 e. The van der Waals surface area contributed by atoms with Gasteiger partial charge in [-0.25, -0.2) is 4.39 Å². The van der Waals surface area contributed by atoms with Crippen LogP contribution in [0, 0.1) is 5.82 Å². The summed E-state index contributed by atoms with van der Waals surface area (Å²) in [5, 5.41) is 3.46. The number of nitrogens with one attached hydrogen (secondary N) is 1. The third-order valence-corrected chi connectivity index (χ3v) is 5.47. The molecule has 6 heteroatoms. The Balaban J connectivity index is 1.88. The third-order valence-electron chi connectivity index (χ3n) is 4.27. The van der Waals surface area contributed by atoms with E-state index in [-0.39, 0.29) is 24.4 Å². The lowest BCUT2D eigenvalue weighted by molar-refractivity contribution is 0.0939. The number of carbonyl (C=O) groups is 1. The molecule has 0 aliphatic heterocycles. The molecule has 1 amide bonds. The van der Waals surface area contributed by atoms with Crippen molar-refractivity contribution in [2.45, 2.75) is 26.5 Å². The van der Waals surface area contributed by atoms with Gasteiger partial charge in [0, 0.05) is 22.8 Å². The Morgan fingerprint density at radius 1 is 1.26 bits per heavy atom. The van der Waals surface area contributed by atoms with Crippen LogP contribution in [0.3, 0.4) is 0 Å². The molecule has 27 heavy (non-hydrogen) atoms. The van der Waals surface area contributed by atoms with E-state index in [2.05, 4.69) is 5.32 Å². The molecule has 3 aromatic rings. The van der Waals surface area contributed by atoms with Crippen LogP contribution in [0.4, 0.5) is 4.39 Å². The molecule has 0 radical (unpaired) electrons. The van der Waals surface area contributed by atoms with E-state index in [0.29, 0.717) is 22.4 Å². The molecule has 142 valence electrons. The molecule has 4 nitrogen and oxygen atoms in total. The highest BCUT2D eigenvalue weighted by Gasteiger charge is 2.22. The van der Waals surface area contributed by atoms with Crippen molar-refractivity contribution in [2.24, 2.45) is 0 Å². The van der Waals surface area contributed by atoms with Crippen molar-refractivity contribution in [3.63, 3.8) is 0 Å². The number of amides is 1. The number of benzene rings is 2. The first-order chi connectivity index (χ1) is 13.0. The van der Waals surface area contributed by atoms with E-state index in [9.17, 15) is 9.18 Å². The van der Waals surface area contributed by atoms with E-state index >= 15 is 0 Å². The van der Waals surface area contributed by atoms with Gasteiger partial charge >= 0.3 is 0 Å². The van der Waals surface area contributed by atoms with Crippen molar-refractivity contribution < 1.29 is 18.7 Å². The van der Waals surface area contributed by atoms with Crippen LogP contribution in [0.2, 0.25) is 0 Å². The lowest BCUT2D eigenvalue weighted by Gasteiger charge is -2.15. The second-order valence-electron chi connectivity index (χ2n) is 6.16. The molecule has 1 N–H and O–H groups in total. The minimum atomic E-state index is -0.340. The average molecular weight is 387 g/mol. The molecular formula is C21H22FNO3S. The molecule has 0 fully saturated rings. The number of fused-ring (bicyclic) bond motifs is 1. The van der Waals surface area contributed by atoms with Crippen LogP contribution < -0.4 is 10.1 Å². The Morgan fingerprint density at radius 3 is 2.78 bits per heavy atom. The molecule has 0 bridgehead atoms. The minimum Gasteiger partial charge on any atom is -0.494 e. The maximum Gasteiger partial charge on any atom is 0.262 e. The summed E-state index contributed by atoms with van der Waals surface area (Å²) < 4.78 is 25.8. The van der Waals surface area contributed by atoms with E-state index in [1.807, 2.05) is 44.2 Å². The highest BCUT2D eigenvalue weighted by molar-refractivity contribution is 7.21. The van der Waals surface area contributed by atoms with Crippen LogP contribution in [-0.2, 0) is 11.3 Å². The highest BCUT2D eigenvalue weighted by Crippen LogP contribution is 2.34. The monoisotopic (exact) mass is 387 g/mol. The summed E-state index contributed by atoms with van der Waals surface area (Å²) in [6.45, 7) is 4.60. The Kier molecular flexibility index (Phi) is 6.08. The number of halogens is 1. The first kappa shape index (κ1) is 19.3. The normalized spacial score (nSPS) is 12.1. The van der Waals surface area contributed by atoms with Gasteiger partial charge in [-0.05, 0) is 43.7 Å². The van der Waals surface area contributed by atoms with Crippen LogP contribution in [0.15, 0.2) is 42.5 Å². The summed E-state index contributed by atoms with van der Waals surface area (Å²) in [7, 11) is 1.54. The number of hydrogen-bond donors (Lipinski definition) is 1. The summed E-state index contributed by atoms with van der Waals surface area (Å²) >= 11 is 1.28. The lowest BCUT2D eigenvalue weighted by Crippen LogP contribution is -2.26. The molecule has 1 aromatic heterocycles. The van der Waals surface area contributed by atoms with Gasteiger partial charge in [0.15, 0.2) is 0 Å². The number of carbonyl (C=O) groups excluding carboxylic acids is 1. The number of ether oxygens (including phenoxy) is 2. The van der Waals surface area contributed by atoms with Crippen LogP contribution in [-0.4, -0.2) is 19.6 Å². The standard InChI is InChI=1S/C21H22FNO3S/c1-4-26-15-8-5-7-14(11-15)13(2)23-21(24)20-16(12-25-3)19-17(22)9-6-10-18(19)27-20/h5-11,13H,4,12H2,1-3H3,(H,23,24). The van der Waals surface area contributed by atoms with E-state index in [1.165, 1.54) is 24.5 Å². The fraction of sp³-hybridized carbons (Fsp3) is 0.286. The van der Waals surface area contributed by atoms with Gasteiger partial charge in [0.05, 0.1) is 24.1 Å². The molecular weight excluding hydrogens is 365 g/mol. The molecule has 2 aromatic carbocycles. The second-order valence-corrected chi connectivity index (χ2v) is 7.21. The van der Waals surface area contributed by atoms with Crippen molar-refractivity contribution in [2.75, 3.05) is 13.7 Å².